The predicted octanol–water partition coefficient (Wildman–Crippen LogP) is 7.01. The average molecular weight is 499 g/mol. The maximum Gasteiger partial charge on any atom is 0.339 e. The van der Waals surface area contributed by atoms with Gasteiger partial charge in [0.25, 0.3) is 0 Å². The van der Waals surface area contributed by atoms with Gasteiger partial charge in [0.1, 0.15) is 11.3 Å². The lowest BCUT2D eigenvalue weighted by Gasteiger charge is -2.42. The Morgan fingerprint density at radius 3 is 2.43 bits per heavy atom. The van der Waals surface area contributed by atoms with E-state index in [4.69, 9.17) is 16.3 Å². The van der Waals surface area contributed by atoms with E-state index in [0.717, 1.165) is 29.5 Å². The molecular weight excluding hydrogens is 464 g/mol. The van der Waals surface area contributed by atoms with Crippen molar-refractivity contribution >= 4 is 29.3 Å². The summed E-state index contributed by atoms with van der Waals surface area (Å²) in [4.78, 5) is 26.3. The highest BCUT2D eigenvalue weighted by atomic mass is 35.5. The Kier molecular flexibility index (Phi) is 7.56. The molecule has 6 nitrogen and oxygen atoms in total. The van der Waals surface area contributed by atoms with Crippen molar-refractivity contribution in [1.29, 1.82) is 0 Å². The number of nitrogens with zero attached hydrogens (tertiary/aromatic N) is 1. The van der Waals surface area contributed by atoms with Crippen LogP contribution in [0.25, 0.3) is 0 Å². The molecule has 0 fully saturated rings. The maximum absolute atomic E-state index is 13.3. The first-order chi connectivity index (χ1) is 16.3. The van der Waals surface area contributed by atoms with Crippen molar-refractivity contribution in [1.82, 2.24) is 5.32 Å². The molecule has 1 atom stereocenters. The first kappa shape index (κ1) is 26.6. The molecule has 188 valence electrons. The molecule has 1 unspecified atom stereocenters. The largest absolute Gasteiger partial charge is 0.496 e. The van der Waals surface area contributed by atoms with Crippen molar-refractivity contribution in [3.63, 3.8) is 0 Å². The molecule has 1 heterocycles. The number of carboxylic acid groups (broad SMARTS) is 1. The zero-order valence-corrected chi connectivity index (χ0v) is 22.3. The zero-order chi connectivity index (χ0) is 26.1. The van der Waals surface area contributed by atoms with Crippen molar-refractivity contribution in [3.8, 4) is 5.75 Å². The van der Waals surface area contributed by atoms with Crippen molar-refractivity contribution in [2.75, 3.05) is 12.0 Å². The van der Waals surface area contributed by atoms with Gasteiger partial charge in [-0.1, -0.05) is 58.4 Å². The van der Waals surface area contributed by atoms with E-state index in [1.807, 2.05) is 25.3 Å². The number of urea groups is 1. The minimum atomic E-state index is -1.09. The third-order valence-electron chi connectivity index (χ3n) is 6.51. The van der Waals surface area contributed by atoms with Crippen LogP contribution in [-0.2, 0) is 12.0 Å². The summed E-state index contributed by atoms with van der Waals surface area (Å²) in [5, 5.41) is 13.2. The number of aryl methyl sites for hydroxylation is 1. The Morgan fingerprint density at radius 1 is 1.20 bits per heavy atom. The van der Waals surface area contributed by atoms with Crippen LogP contribution in [0.5, 0.6) is 5.75 Å². The van der Waals surface area contributed by atoms with E-state index in [1.54, 1.807) is 12.1 Å². The Bertz CT molecular complexity index is 1170. The molecule has 0 aromatic heterocycles. The number of ether oxygens (including phenoxy) is 1. The van der Waals surface area contributed by atoms with Gasteiger partial charge in [-0.15, -0.1) is 0 Å². The summed E-state index contributed by atoms with van der Waals surface area (Å²) in [7, 11) is 1.41. The zero-order valence-electron chi connectivity index (χ0n) is 21.5. The lowest BCUT2D eigenvalue weighted by Crippen LogP contribution is -2.54. The standard InChI is InChI=1S/C28H35ClN2O4/c1-17(2)22-16-31(20-10-11-21(25(32)33)24(15-20)35-7)26(34)30-28(22,6)19-9-8-18(23(29)14-19)12-13-27(3,4)5/h8-11,14-17H,12-13H2,1-7H3,(H,30,34)(H,32,33). The smallest absolute Gasteiger partial charge is 0.339 e. The predicted molar refractivity (Wildman–Crippen MR) is 140 cm³/mol. The van der Waals surface area contributed by atoms with Crippen molar-refractivity contribution in [3.05, 3.63) is 69.9 Å². The molecule has 2 aromatic carbocycles. The Balaban J connectivity index is 2.01. The highest BCUT2D eigenvalue weighted by molar-refractivity contribution is 6.31. The lowest BCUT2D eigenvalue weighted by molar-refractivity contribution is 0.0693. The highest BCUT2D eigenvalue weighted by Gasteiger charge is 2.40. The molecule has 3 rings (SSSR count). The van der Waals surface area contributed by atoms with Crippen LogP contribution in [0.2, 0.25) is 5.02 Å². The molecule has 35 heavy (non-hydrogen) atoms. The monoisotopic (exact) mass is 498 g/mol. The van der Waals surface area contributed by atoms with Gasteiger partial charge in [0.2, 0.25) is 0 Å². The molecular formula is C28H35ClN2O4. The summed E-state index contributed by atoms with van der Waals surface area (Å²) in [6, 6.07) is 10.3. The number of methoxy groups -OCH3 is 1. The number of hydrogen-bond donors (Lipinski definition) is 2. The number of halogens is 1. The number of anilines is 1. The molecule has 0 radical (unpaired) electrons. The van der Waals surface area contributed by atoms with Crippen LogP contribution in [0.1, 0.15) is 69.4 Å². The molecule has 0 spiro atoms. The summed E-state index contributed by atoms with van der Waals surface area (Å²) in [5.41, 5.74) is 3.02. The maximum atomic E-state index is 13.3. The van der Waals surface area contributed by atoms with Crippen LogP contribution in [0.4, 0.5) is 10.5 Å². The molecule has 0 saturated heterocycles. The number of amides is 2. The van der Waals surface area contributed by atoms with Gasteiger partial charge in [-0.05, 0) is 66.0 Å². The number of carbonyl (C=O) groups excluding carboxylic acids is 1. The number of hydrogen-bond acceptors (Lipinski definition) is 3. The summed E-state index contributed by atoms with van der Waals surface area (Å²) in [6.45, 7) is 12.8. The van der Waals surface area contributed by atoms with Gasteiger partial charge in [-0.3, -0.25) is 4.90 Å². The van der Waals surface area contributed by atoms with E-state index in [-0.39, 0.29) is 28.7 Å². The Morgan fingerprint density at radius 2 is 1.89 bits per heavy atom. The molecule has 0 bridgehead atoms. The van der Waals surface area contributed by atoms with E-state index in [2.05, 4.69) is 46.0 Å². The lowest BCUT2D eigenvalue weighted by atomic mass is 9.78. The number of rotatable bonds is 7. The first-order valence-corrected chi connectivity index (χ1v) is 12.2. The third kappa shape index (κ3) is 5.64. The van der Waals surface area contributed by atoms with E-state index >= 15 is 0 Å². The molecule has 2 amide bonds. The molecule has 2 N–H and O–H groups in total. The summed E-state index contributed by atoms with van der Waals surface area (Å²) in [5.74, 6) is -0.791. The van der Waals surface area contributed by atoms with Crippen LogP contribution in [-0.4, -0.2) is 24.2 Å². The second-order valence-corrected chi connectivity index (χ2v) is 11.1. The van der Waals surface area contributed by atoms with Crippen LogP contribution in [0.15, 0.2) is 48.2 Å². The molecule has 0 aliphatic carbocycles. The second kappa shape index (κ2) is 9.94. The minimum absolute atomic E-state index is 0.0350. The van der Waals surface area contributed by atoms with Gasteiger partial charge in [-0.2, -0.15) is 0 Å². The number of nitrogens with one attached hydrogen (secondary N) is 1. The number of carboxylic acids is 1. The minimum Gasteiger partial charge on any atom is -0.496 e. The summed E-state index contributed by atoms with van der Waals surface area (Å²) >= 11 is 6.70. The summed E-state index contributed by atoms with van der Waals surface area (Å²) < 4.78 is 5.25. The quantitative estimate of drug-likeness (QED) is 0.430. The number of carbonyl (C=O) groups is 2. The Hall–Kier alpha value is -2.99. The van der Waals surface area contributed by atoms with Gasteiger partial charge < -0.3 is 15.2 Å². The fraction of sp³-hybridized carbons (Fsp3) is 0.429. The van der Waals surface area contributed by atoms with Gasteiger partial charge in [-0.25, -0.2) is 9.59 Å². The van der Waals surface area contributed by atoms with Gasteiger partial charge in [0.15, 0.2) is 0 Å². The molecule has 1 aliphatic heterocycles. The molecule has 2 aromatic rings. The normalized spacial score (nSPS) is 18.4. The second-order valence-electron chi connectivity index (χ2n) is 10.7. The van der Waals surface area contributed by atoms with E-state index in [0.29, 0.717) is 10.7 Å². The molecule has 0 saturated carbocycles. The third-order valence-corrected chi connectivity index (χ3v) is 6.86. The van der Waals surface area contributed by atoms with Crippen molar-refractivity contribution in [2.24, 2.45) is 11.3 Å². The van der Waals surface area contributed by atoms with Gasteiger partial charge in [0, 0.05) is 17.3 Å². The molecule has 1 aliphatic rings. The van der Waals surface area contributed by atoms with Gasteiger partial charge >= 0.3 is 12.0 Å². The highest BCUT2D eigenvalue weighted by Crippen LogP contribution is 2.40. The fourth-order valence-electron chi connectivity index (χ4n) is 4.41. The summed E-state index contributed by atoms with van der Waals surface area (Å²) in [6.07, 6.45) is 3.75. The van der Waals surface area contributed by atoms with Gasteiger partial charge in [0.05, 0.1) is 18.3 Å². The van der Waals surface area contributed by atoms with Crippen LogP contribution < -0.4 is 15.0 Å². The Labute approximate surface area is 212 Å². The van der Waals surface area contributed by atoms with Crippen LogP contribution >= 0.6 is 11.6 Å². The SMILES string of the molecule is COc1cc(N2C=C(C(C)C)C(C)(c3ccc(CCC(C)(C)C)c(Cl)c3)NC2=O)ccc1C(=O)O. The molecule has 7 heteroatoms. The average Bonchev–Trinajstić information content (AvgIpc) is 2.76. The van der Waals surface area contributed by atoms with Crippen molar-refractivity contribution in [2.45, 2.75) is 59.9 Å². The van der Waals surface area contributed by atoms with Crippen molar-refractivity contribution < 1.29 is 19.4 Å². The van der Waals surface area contributed by atoms with Crippen LogP contribution in [0.3, 0.4) is 0 Å². The van der Waals surface area contributed by atoms with E-state index in [1.165, 1.54) is 18.1 Å². The fourth-order valence-corrected chi connectivity index (χ4v) is 4.68. The van der Waals surface area contributed by atoms with E-state index < -0.39 is 11.5 Å². The number of aromatic carboxylic acids is 1. The topological polar surface area (TPSA) is 78.9 Å². The number of benzene rings is 2. The van der Waals surface area contributed by atoms with Crippen LogP contribution in [0, 0.1) is 11.3 Å². The first-order valence-electron chi connectivity index (χ1n) is 11.8. The van der Waals surface area contributed by atoms with E-state index in [9.17, 15) is 14.7 Å².